The van der Waals surface area contributed by atoms with Crippen LogP contribution in [0.15, 0.2) is 36.4 Å². The molecular weight excluding hydrogens is 238 g/mol. The Morgan fingerprint density at radius 3 is 2.39 bits per heavy atom. The van der Waals surface area contributed by atoms with E-state index in [-0.39, 0.29) is 17.1 Å². The molecule has 92 valence electrons. The van der Waals surface area contributed by atoms with Crippen molar-refractivity contribution in [2.45, 2.75) is 6.92 Å². The van der Waals surface area contributed by atoms with Crippen LogP contribution in [0.1, 0.15) is 15.9 Å². The second kappa shape index (κ2) is 4.96. The van der Waals surface area contributed by atoms with Gasteiger partial charge in [-0.1, -0.05) is 0 Å². The molecule has 0 N–H and O–H groups in total. The van der Waals surface area contributed by atoms with E-state index in [0.29, 0.717) is 17.6 Å². The highest BCUT2D eigenvalue weighted by Gasteiger charge is 2.08. The molecule has 0 aliphatic heterocycles. The molecule has 2 rings (SSSR count). The predicted octanol–water partition coefficient (Wildman–Crippen LogP) is 3.88. The van der Waals surface area contributed by atoms with Gasteiger partial charge in [-0.25, -0.2) is 8.78 Å². The van der Waals surface area contributed by atoms with Crippen LogP contribution in [0.25, 0.3) is 0 Å². The molecule has 4 heteroatoms. The van der Waals surface area contributed by atoms with Crippen molar-refractivity contribution < 1.29 is 18.3 Å². The molecule has 0 atom stereocenters. The van der Waals surface area contributed by atoms with Gasteiger partial charge in [0, 0.05) is 5.56 Å². The number of carbonyl (C=O) groups is 1. The van der Waals surface area contributed by atoms with Crippen molar-refractivity contribution in [1.29, 1.82) is 0 Å². The highest BCUT2D eigenvalue weighted by atomic mass is 19.1. The van der Waals surface area contributed by atoms with Gasteiger partial charge in [0.2, 0.25) is 0 Å². The number of aryl methyl sites for hydroxylation is 1. The summed E-state index contributed by atoms with van der Waals surface area (Å²) in [6.45, 7) is 1.66. The monoisotopic (exact) mass is 248 g/mol. The smallest absolute Gasteiger partial charge is 0.166 e. The Morgan fingerprint density at radius 1 is 1.06 bits per heavy atom. The highest BCUT2D eigenvalue weighted by Crippen LogP contribution is 2.27. The molecule has 0 saturated carbocycles. The van der Waals surface area contributed by atoms with E-state index in [1.807, 2.05) is 0 Å². The quantitative estimate of drug-likeness (QED) is 0.770. The first-order valence-electron chi connectivity index (χ1n) is 5.29. The minimum absolute atomic E-state index is 0.00434. The molecule has 0 bridgehead atoms. The lowest BCUT2D eigenvalue weighted by Crippen LogP contribution is -1.92. The zero-order valence-corrected chi connectivity index (χ0v) is 9.61. The molecule has 2 nitrogen and oxygen atoms in total. The second-order valence-corrected chi connectivity index (χ2v) is 3.82. The molecule has 2 aromatic rings. The lowest BCUT2D eigenvalue weighted by Gasteiger charge is -2.09. The largest absolute Gasteiger partial charge is 0.454 e. The van der Waals surface area contributed by atoms with Gasteiger partial charge in [0.05, 0.1) is 0 Å². The number of benzene rings is 2. The standard InChI is InChI=1S/C14H10F2O2/c1-9-6-11(15)3-5-13(9)18-14-4-2-10(8-17)7-12(14)16/h2-8H,1H3. The lowest BCUT2D eigenvalue weighted by atomic mass is 10.2. The van der Waals surface area contributed by atoms with Gasteiger partial charge in [0.15, 0.2) is 11.6 Å². The molecule has 2 aromatic carbocycles. The maximum Gasteiger partial charge on any atom is 0.166 e. The molecule has 0 spiro atoms. The number of hydrogen-bond acceptors (Lipinski definition) is 2. The van der Waals surface area contributed by atoms with Crippen LogP contribution in [0.2, 0.25) is 0 Å². The maximum atomic E-state index is 13.6. The van der Waals surface area contributed by atoms with Gasteiger partial charge in [-0.3, -0.25) is 4.79 Å². The van der Waals surface area contributed by atoms with Gasteiger partial charge in [-0.15, -0.1) is 0 Å². The van der Waals surface area contributed by atoms with Gasteiger partial charge in [-0.05, 0) is 48.9 Å². The second-order valence-electron chi connectivity index (χ2n) is 3.82. The summed E-state index contributed by atoms with van der Waals surface area (Å²) in [5.74, 6) is -0.649. The Kier molecular flexibility index (Phi) is 3.37. The van der Waals surface area contributed by atoms with E-state index in [2.05, 4.69) is 0 Å². The van der Waals surface area contributed by atoms with Crippen molar-refractivity contribution in [2.24, 2.45) is 0 Å². The molecule has 0 amide bonds. The molecule has 0 aliphatic rings. The Morgan fingerprint density at radius 2 is 1.78 bits per heavy atom. The van der Waals surface area contributed by atoms with E-state index < -0.39 is 5.82 Å². The van der Waals surface area contributed by atoms with Crippen molar-refractivity contribution in [3.05, 3.63) is 59.2 Å². The Hall–Kier alpha value is -2.23. The van der Waals surface area contributed by atoms with Crippen molar-refractivity contribution in [3.63, 3.8) is 0 Å². The third kappa shape index (κ3) is 2.53. The summed E-state index contributed by atoms with van der Waals surface area (Å²) in [5, 5.41) is 0. The number of rotatable bonds is 3. The molecule has 0 unspecified atom stereocenters. The molecule has 0 fully saturated rings. The summed E-state index contributed by atoms with van der Waals surface area (Å²) < 4.78 is 31.8. The van der Waals surface area contributed by atoms with Crippen LogP contribution in [0, 0.1) is 18.6 Å². The van der Waals surface area contributed by atoms with E-state index in [1.165, 1.54) is 30.3 Å². The topological polar surface area (TPSA) is 26.3 Å². The number of hydrogen-bond donors (Lipinski definition) is 0. The van der Waals surface area contributed by atoms with Crippen LogP contribution in [-0.2, 0) is 0 Å². The maximum absolute atomic E-state index is 13.6. The van der Waals surface area contributed by atoms with Crippen LogP contribution < -0.4 is 4.74 Å². The van der Waals surface area contributed by atoms with E-state index in [9.17, 15) is 13.6 Å². The molecule has 0 saturated heterocycles. The van der Waals surface area contributed by atoms with E-state index in [4.69, 9.17) is 4.74 Å². The summed E-state index contributed by atoms with van der Waals surface area (Å²) in [6.07, 6.45) is 0.552. The average molecular weight is 248 g/mol. The number of carbonyl (C=O) groups excluding carboxylic acids is 1. The molecule has 0 heterocycles. The Balaban J connectivity index is 2.31. The number of halogens is 2. The van der Waals surface area contributed by atoms with Gasteiger partial charge < -0.3 is 4.74 Å². The van der Waals surface area contributed by atoms with Crippen LogP contribution in [0.5, 0.6) is 11.5 Å². The molecule has 0 aromatic heterocycles. The third-order valence-electron chi connectivity index (χ3n) is 2.45. The first-order valence-corrected chi connectivity index (χ1v) is 5.29. The molecule has 18 heavy (non-hydrogen) atoms. The minimum Gasteiger partial charge on any atom is -0.454 e. The summed E-state index contributed by atoms with van der Waals surface area (Å²) in [6, 6.07) is 7.86. The van der Waals surface area contributed by atoms with Crippen molar-refractivity contribution >= 4 is 6.29 Å². The van der Waals surface area contributed by atoms with Crippen molar-refractivity contribution in [2.75, 3.05) is 0 Å². The highest BCUT2D eigenvalue weighted by molar-refractivity contribution is 5.75. The fourth-order valence-electron chi connectivity index (χ4n) is 1.52. The SMILES string of the molecule is Cc1cc(F)ccc1Oc1ccc(C=O)cc1F. The summed E-state index contributed by atoms with van der Waals surface area (Å²) in [4.78, 5) is 10.5. The molecule has 0 radical (unpaired) electrons. The zero-order valence-electron chi connectivity index (χ0n) is 9.61. The summed E-state index contributed by atoms with van der Waals surface area (Å²) in [5.41, 5.74) is 0.796. The average Bonchev–Trinajstić information content (AvgIpc) is 2.34. The first-order chi connectivity index (χ1) is 8.60. The molecular formula is C14H10F2O2. The summed E-state index contributed by atoms with van der Waals surface area (Å²) >= 11 is 0. The minimum atomic E-state index is -0.636. The normalized spacial score (nSPS) is 10.2. The first kappa shape index (κ1) is 12.2. The van der Waals surface area contributed by atoms with Gasteiger partial charge in [0.25, 0.3) is 0 Å². The van der Waals surface area contributed by atoms with Crippen molar-refractivity contribution in [3.8, 4) is 11.5 Å². The lowest BCUT2D eigenvalue weighted by molar-refractivity contribution is 0.112. The Bertz CT molecular complexity index is 594. The van der Waals surface area contributed by atoms with E-state index in [0.717, 1.165) is 6.07 Å². The van der Waals surface area contributed by atoms with E-state index >= 15 is 0 Å². The van der Waals surface area contributed by atoms with Crippen LogP contribution in [-0.4, -0.2) is 6.29 Å². The number of aldehydes is 1. The Labute approximate surface area is 103 Å². The fourth-order valence-corrected chi connectivity index (χ4v) is 1.52. The van der Waals surface area contributed by atoms with Crippen LogP contribution in [0.4, 0.5) is 8.78 Å². The van der Waals surface area contributed by atoms with Gasteiger partial charge >= 0.3 is 0 Å². The van der Waals surface area contributed by atoms with Crippen LogP contribution >= 0.6 is 0 Å². The number of ether oxygens (including phenoxy) is 1. The third-order valence-corrected chi connectivity index (χ3v) is 2.45. The van der Waals surface area contributed by atoms with Crippen molar-refractivity contribution in [1.82, 2.24) is 0 Å². The van der Waals surface area contributed by atoms with Gasteiger partial charge in [0.1, 0.15) is 17.9 Å². The zero-order chi connectivity index (χ0) is 13.1. The summed E-state index contributed by atoms with van der Waals surface area (Å²) in [7, 11) is 0. The van der Waals surface area contributed by atoms with Crippen LogP contribution in [0.3, 0.4) is 0 Å². The van der Waals surface area contributed by atoms with Gasteiger partial charge in [-0.2, -0.15) is 0 Å². The molecule has 0 aliphatic carbocycles. The predicted molar refractivity (Wildman–Crippen MR) is 63.0 cm³/mol. The fraction of sp³-hybridized carbons (Fsp3) is 0.0714. The van der Waals surface area contributed by atoms with E-state index in [1.54, 1.807) is 6.92 Å².